The van der Waals surface area contributed by atoms with Crippen LogP contribution in [-0.2, 0) is 10.1 Å². The molecule has 1 aromatic carbocycles. The molecular weight excluding hydrogens is 273 g/mol. The van der Waals surface area contributed by atoms with Gasteiger partial charge in [-0.3, -0.25) is 4.99 Å². The second-order valence-electron chi connectivity index (χ2n) is 3.05. The van der Waals surface area contributed by atoms with Gasteiger partial charge >= 0.3 is 51.4 Å². The van der Waals surface area contributed by atoms with Crippen molar-refractivity contribution in [1.82, 2.24) is 0 Å². The molecule has 0 aromatic heterocycles. The van der Waals surface area contributed by atoms with Crippen molar-refractivity contribution in [2.45, 2.75) is 0 Å². The van der Waals surface area contributed by atoms with Crippen LogP contribution >= 0.6 is 0 Å². The van der Waals surface area contributed by atoms with Crippen molar-refractivity contribution < 1.29 is 74.6 Å². The number of phenolic OH excluding ortho intramolecular Hbond substituents is 2. The van der Waals surface area contributed by atoms with Gasteiger partial charge in [-0.25, -0.2) is 8.42 Å². The van der Waals surface area contributed by atoms with Crippen LogP contribution in [0.2, 0.25) is 0 Å². The van der Waals surface area contributed by atoms with Crippen LogP contribution in [0, 0.1) is 0 Å². The summed E-state index contributed by atoms with van der Waals surface area (Å²) in [6.45, 7) is -0.131. The standard InChI is InChI=1S/C9H11NO5S.K/c11-8-2-1-7(5-9(8)12)6-10-3-4-16(13,14)15;/h1-2,5-6,11-12H,3-4H2,(H,13,14,15);/q;+1/p-1. The summed E-state index contributed by atoms with van der Waals surface area (Å²) in [6, 6.07) is 4.04. The fourth-order valence-corrected chi connectivity index (χ4v) is 1.28. The van der Waals surface area contributed by atoms with Crippen LogP contribution in [0.15, 0.2) is 23.2 Å². The molecule has 0 aliphatic rings. The third-order valence-electron chi connectivity index (χ3n) is 1.71. The van der Waals surface area contributed by atoms with E-state index in [1.165, 1.54) is 24.4 Å². The maximum Gasteiger partial charge on any atom is 1.00 e. The number of benzene rings is 1. The summed E-state index contributed by atoms with van der Waals surface area (Å²) in [6.07, 6.45) is 1.31. The summed E-state index contributed by atoms with van der Waals surface area (Å²) in [4.78, 5) is 3.70. The van der Waals surface area contributed by atoms with Crippen LogP contribution in [0.4, 0.5) is 0 Å². The molecule has 0 heterocycles. The Hall–Kier alpha value is 0.0364. The third-order valence-corrected chi connectivity index (χ3v) is 2.39. The molecule has 0 amide bonds. The summed E-state index contributed by atoms with van der Waals surface area (Å²) < 4.78 is 30.7. The Morgan fingerprint density at radius 1 is 1.29 bits per heavy atom. The van der Waals surface area contributed by atoms with Gasteiger partial charge in [-0.05, 0) is 23.8 Å². The van der Waals surface area contributed by atoms with Gasteiger partial charge in [0.25, 0.3) is 0 Å². The Labute approximate surface area is 142 Å². The molecule has 0 saturated heterocycles. The number of nitrogens with zero attached hydrogens (tertiary/aromatic N) is 1. The van der Waals surface area contributed by atoms with Crippen LogP contribution in [0.25, 0.3) is 0 Å². The van der Waals surface area contributed by atoms with Crippen LogP contribution in [-0.4, -0.2) is 41.7 Å². The number of phenols is 2. The molecule has 0 atom stereocenters. The van der Waals surface area contributed by atoms with Gasteiger partial charge in [0, 0.05) is 6.21 Å². The van der Waals surface area contributed by atoms with Crippen molar-refractivity contribution in [2.24, 2.45) is 4.99 Å². The number of hydrogen-bond donors (Lipinski definition) is 2. The van der Waals surface area contributed by atoms with Crippen molar-refractivity contribution in [3.05, 3.63) is 23.8 Å². The Kier molecular flexibility index (Phi) is 7.48. The van der Waals surface area contributed by atoms with Crippen molar-refractivity contribution >= 4 is 16.3 Å². The van der Waals surface area contributed by atoms with E-state index in [1.807, 2.05) is 0 Å². The molecule has 0 aliphatic heterocycles. The van der Waals surface area contributed by atoms with E-state index in [1.54, 1.807) is 0 Å². The SMILES string of the molecule is O=S(=O)([O-])CCN=Cc1ccc(O)c(O)c1.[K+]. The molecule has 0 radical (unpaired) electrons. The molecule has 88 valence electrons. The normalized spacial score (nSPS) is 11.4. The fraction of sp³-hybridized carbons (Fsp3) is 0.222. The smallest absolute Gasteiger partial charge is 0.748 e. The number of aromatic hydroxyl groups is 2. The van der Waals surface area contributed by atoms with Gasteiger partial charge in [0.1, 0.15) is 0 Å². The van der Waals surface area contributed by atoms with Crippen LogP contribution in [0.5, 0.6) is 11.5 Å². The topological polar surface area (TPSA) is 110 Å². The van der Waals surface area contributed by atoms with E-state index in [-0.39, 0.29) is 69.4 Å². The van der Waals surface area contributed by atoms with Gasteiger partial charge in [0.2, 0.25) is 0 Å². The summed E-state index contributed by atoms with van der Waals surface area (Å²) in [5.41, 5.74) is 0.499. The minimum Gasteiger partial charge on any atom is -0.748 e. The number of hydrogen-bond acceptors (Lipinski definition) is 6. The van der Waals surface area contributed by atoms with Gasteiger partial charge in [-0.2, -0.15) is 0 Å². The van der Waals surface area contributed by atoms with Crippen molar-refractivity contribution in [1.29, 1.82) is 0 Å². The second-order valence-corrected chi connectivity index (χ2v) is 4.57. The molecule has 0 bridgehead atoms. The maximum absolute atomic E-state index is 10.2. The molecule has 0 fully saturated rings. The van der Waals surface area contributed by atoms with E-state index < -0.39 is 15.9 Å². The molecule has 0 spiro atoms. The van der Waals surface area contributed by atoms with E-state index in [0.717, 1.165) is 0 Å². The van der Waals surface area contributed by atoms with Crippen LogP contribution in [0.3, 0.4) is 0 Å². The Morgan fingerprint density at radius 3 is 2.47 bits per heavy atom. The van der Waals surface area contributed by atoms with Gasteiger partial charge in [0.15, 0.2) is 11.5 Å². The summed E-state index contributed by atoms with van der Waals surface area (Å²) >= 11 is 0. The zero-order valence-corrected chi connectivity index (χ0v) is 13.1. The zero-order valence-electron chi connectivity index (χ0n) is 9.20. The molecule has 2 N–H and O–H groups in total. The van der Waals surface area contributed by atoms with E-state index in [2.05, 4.69) is 4.99 Å². The summed E-state index contributed by atoms with van der Waals surface area (Å²) in [5, 5.41) is 18.1. The quantitative estimate of drug-likeness (QED) is 0.266. The first-order chi connectivity index (χ1) is 7.38. The Bertz CT molecular complexity index is 500. The van der Waals surface area contributed by atoms with Crippen LogP contribution in [0.1, 0.15) is 5.56 Å². The molecule has 1 aromatic rings. The van der Waals surface area contributed by atoms with Gasteiger partial charge in [-0.1, -0.05) is 0 Å². The van der Waals surface area contributed by atoms with Gasteiger partial charge < -0.3 is 14.8 Å². The largest absolute Gasteiger partial charge is 1.00 e. The fourth-order valence-electron chi connectivity index (χ4n) is 0.955. The monoisotopic (exact) mass is 283 g/mol. The third kappa shape index (κ3) is 7.14. The predicted molar refractivity (Wildman–Crippen MR) is 56.8 cm³/mol. The summed E-state index contributed by atoms with van der Waals surface area (Å²) in [5.74, 6) is -1.10. The van der Waals surface area contributed by atoms with Crippen LogP contribution < -0.4 is 51.4 Å². The minimum atomic E-state index is -4.25. The zero-order chi connectivity index (χ0) is 12.2. The first kappa shape index (κ1) is 17.0. The first-order valence-corrected chi connectivity index (χ1v) is 5.91. The van der Waals surface area contributed by atoms with Crippen molar-refractivity contribution in [3.63, 3.8) is 0 Å². The molecule has 1 rings (SSSR count). The number of rotatable bonds is 4. The minimum absolute atomic E-state index is 0. The van der Waals surface area contributed by atoms with E-state index in [4.69, 9.17) is 10.2 Å². The maximum atomic E-state index is 10.2. The van der Waals surface area contributed by atoms with Gasteiger partial charge in [-0.15, -0.1) is 0 Å². The van der Waals surface area contributed by atoms with E-state index >= 15 is 0 Å². The predicted octanol–water partition coefficient (Wildman–Crippen LogP) is -2.93. The summed E-state index contributed by atoms with van der Waals surface area (Å²) in [7, 11) is -4.25. The molecule has 0 saturated carbocycles. The first-order valence-electron chi connectivity index (χ1n) is 4.34. The molecule has 0 aliphatic carbocycles. The molecule has 6 nitrogen and oxygen atoms in total. The van der Waals surface area contributed by atoms with E-state index in [9.17, 15) is 13.0 Å². The van der Waals surface area contributed by atoms with E-state index in [0.29, 0.717) is 5.56 Å². The Balaban J connectivity index is 0.00000256. The van der Waals surface area contributed by atoms with Crippen molar-refractivity contribution in [3.8, 4) is 11.5 Å². The Morgan fingerprint density at radius 2 is 1.94 bits per heavy atom. The molecule has 17 heavy (non-hydrogen) atoms. The van der Waals surface area contributed by atoms with Crippen molar-refractivity contribution in [2.75, 3.05) is 12.3 Å². The average molecular weight is 283 g/mol. The van der Waals surface area contributed by atoms with Gasteiger partial charge in [0.05, 0.1) is 22.4 Å². The second kappa shape index (κ2) is 7.47. The molecular formula is C9H10KNO5S. The molecule has 8 heteroatoms. The average Bonchev–Trinajstić information content (AvgIpc) is 2.17. The number of aliphatic imine (C=N–C) groups is 1. The molecule has 0 unspecified atom stereocenters.